The molecule has 2 aliphatic rings. The molecule has 1 aliphatic heterocycles. The van der Waals surface area contributed by atoms with Gasteiger partial charge in [0.25, 0.3) is 0 Å². The third-order valence-electron chi connectivity index (χ3n) is 6.78. The van der Waals surface area contributed by atoms with E-state index in [1.807, 2.05) is 0 Å². The van der Waals surface area contributed by atoms with Crippen molar-refractivity contribution in [1.82, 2.24) is 0 Å². The van der Waals surface area contributed by atoms with E-state index in [9.17, 15) is 0 Å². The SMILES string of the molecule is Brc1ccc2c(c1)C1(c3ccccc3-c3ccccc31)c1c(ccc3ccccc13)O2. The van der Waals surface area contributed by atoms with Crippen LogP contribution in [0.2, 0.25) is 0 Å². The standard InChI is InChI=1S/C29H17BrO/c30-19-14-16-26-25(17-19)29(28-20-8-2-1-7-18(20)13-15-27(28)31-26)23-11-5-3-9-21(23)22-10-4-6-12-24(22)29/h1-17H. The van der Waals surface area contributed by atoms with Gasteiger partial charge < -0.3 is 4.74 Å². The number of fused-ring (bicyclic) bond motifs is 11. The fourth-order valence-electron chi connectivity index (χ4n) is 5.66. The molecule has 0 N–H and O–H groups in total. The Morgan fingerprint density at radius 1 is 0.581 bits per heavy atom. The first-order chi connectivity index (χ1) is 15.3. The number of ether oxygens (including phenoxy) is 1. The van der Waals surface area contributed by atoms with E-state index in [1.54, 1.807) is 0 Å². The Morgan fingerprint density at radius 3 is 2.00 bits per heavy atom. The fraction of sp³-hybridized carbons (Fsp3) is 0.0345. The Balaban J connectivity index is 1.77. The van der Waals surface area contributed by atoms with Crippen molar-refractivity contribution in [3.05, 3.63) is 130 Å². The summed E-state index contributed by atoms with van der Waals surface area (Å²) in [5, 5.41) is 2.46. The molecule has 5 aromatic carbocycles. The Labute approximate surface area is 189 Å². The summed E-state index contributed by atoms with van der Waals surface area (Å²) in [5.41, 5.74) is 7.21. The molecule has 0 radical (unpaired) electrons. The lowest BCUT2D eigenvalue weighted by molar-refractivity contribution is 0.438. The minimum absolute atomic E-state index is 0.430. The second-order valence-electron chi connectivity index (χ2n) is 8.24. The maximum absolute atomic E-state index is 6.54. The Kier molecular flexibility index (Phi) is 3.40. The molecule has 0 aromatic heterocycles. The van der Waals surface area contributed by atoms with E-state index in [1.165, 1.54) is 44.2 Å². The van der Waals surface area contributed by atoms with E-state index in [0.717, 1.165) is 16.0 Å². The molecule has 1 nitrogen and oxygen atoms in total. The molecule has 0 saturated carbocycles. The summed E-state index contributed by atoms with van der Waals surface area (Å²) in [5.74, 6) is 1.84. The van der Waals surface area contributed by atoms with E-state index >= 15 is 0 Å². The molecular formula is C29H17BrO. The summed E-state index contributed by atoms with van der Waals surface area (Å²) in [6.45, 7) is 0. The van der Waals surface area contributed by atoms with Crippen molar-refractivity contribution < 1.29 is 4.74 Å². The third kappa shape index (κ3) is 2.11. The predicted octanol–water partition coefficient (Wildman–Crippen LogP) is 8.07. The highest BCUT2D eigenvalue weighted by Gasteiger charge is 2.51. The predicted molar refractivity (Wildman–Crippen MR) is 129 cm³/mol. The smallest absolute Gasteiger partial charge is 0.132 e. The first kappa shape index (κ1) is 17.3. The highest BCUT2D eigenvalue weighted by molar-refractivity contribution is 9.10. The van der Waals surface area contributed by atoms with Gasteiger partial charge in [0.15, 0.2) is 0 Å². The first-order valence-electron chi connectivity index (χ1n) is 10.5. The van der Waals surface area contributed by atoms with Crippen molar-refractivity contribution in [2.45, 2.75) is 5.41 Å². The minimum atomic E-state index is -0.430. The number of hydrogen-bond donors (Lipinski definition) is 0. The molecule has 1 spiro atoms. The zero-order chi connectivity index (χ0) is 20.6. The molecule has 31 heavy (non-hydrogen) atoms. The average Bonchev–Trinajstić information content (AvgIpc) is 3.11. The lowest BCUT2D eigenvalue weighted by atomic mass is 9.65. The maximum atomic E-state index is 6.54. The maximum Gasteiger partial charge on any atom is 0.132 e. The summed E-state index contributed by atoms with van der Waals surface area (Å²) in [6.07, 6.45) is 0. The second-order valence-corrected chi connectivity index (χ2v) is 9.16. The molecule has 1 aliphatic carbocycles. The molecule has 5 aromatic rings. The van der Waals surface area contributed by atoms with Gasteiger partial charge in [0.2, 0.25) is 0 Å². The average molecular weight is 461 g/mol. The molecule has 7 rings (SSSR count). The van der Waals surface area contributed by atoms with Gasteiger partial charge in [-0.05, 0) is 57.3 Å². The van der Waals surface area contributed by atoms with Gasteiger partial charge in [-0.25, -0.2) is 0 Å². The summed E-state index contributed by atoms with van der Waals surface area (Å²) in [6, 6.07) is 37.0. The van der Waals surface area contributed by atoms with E-state index in [2.05, 4.69) is 119 Å². The molecule has 0 amide bonds. The van der Waals surface area contributed by atoms with Gasteiger partial charge in [-0.3, -0.25) is 0 Å². The van der Waals surface area contributed by atoms with E-state index in [4.69, 9.17) is 4.74 Å². The van der Waals surface area contributed by atoms with Gasteiger partial charge in [0.1, 0.15) is 11.5 Å². The van der Waals surface area contributed by atoms with Gasteiger partial charge in [0, 0.05) is 15.6 Å². The molecule has 0 saturated heterocycles. The molecule has 2 heteroatoms. The van der Waals surface area contributed by atoms with E-state index in [-0.39, 0.29) is 0 Å². The monoisotopic (exact) mass is 460 g/mol. The lowest BCUT2D eigenvalue weighted by Crippen LogP contribution is -2.32. The molecule has 0 fully saturated rings. The Hall–Kier alpha value is -3.36. The number of halogens is 1. The van der Waals surface area contributed by atoms with E-state index < -0.39 is 5.41 Å². The van der Waals surface area contributed by atoms with Crippen molar-refractivity contribution in [3.8, 4) is 22.6 Å². The molecule has 0 atom stereocenters. The van der Waals surface area contributed by atoms with Gasteiger partial charge >= 0.3 is 0 Å². The summed E-state index contributed by atoms with van der Waals surface area (Å²) in [4.78, 5) is 0. The summed E-state index contributed by atoms with van der Waals surface area (Å²) >= 11 is 3.73. The number of rotatable bonds is 0. The fourth-order valence-corrected chi connectivity index (χ4v) is 6.02. The van der Waals surface area contributed by atoms with Crippen LogP contribution in [0.15, 0.2) is 108 Å². The van der Waals surface area contributed by atoms with Crippen molar-refractivity contribution in [3.63, 3.8) is 0 Å². The molecule has 0 bridgehead atoms. The quantitative estimate of drug-likeness (QED) is 0.222. The highest BCUT2D eigenvalue weighted by Crippen LogP contribution is 2.63. The topological polar surface area (TPSA) is 9.23 Å². The van der Waals surface area contributed by atoms with Crippen molar-refractivity contribution in [1.29, 1.82) is 0 Å². The molecular weight excluding hydrogens is 444 g/mol. The van der Waals surface area contributed by atoms with Gasteiger partial charge in [-0.15, -0.1) is 0 Å². The largest absolute Gasteiger partial charge is 0.457 e. The van der Waals surface area contributed by atoms with Gasteiger partial charge in [0.05, 0.1) is 5.41 Å². The number of benzene rings is 5. The van der Waals surface area contributed by atoms with Crippen LogP contribution >= 0.6 is 15.9 Å². The minimum Gasteiger partial charge on any atom is -0.457 e. The first-order valence-corrected chi connectivity index (χ1v) is 11.3. The summed E-state index contributed by atoms with van der Waals surface area (Å²) < 4.78 is 7.59. The highest BCUT2D eigenvalue weighted by atomic mass is 79.9. The van der Waals surface area contributed by atoms with Crippen molar-refractivity contribution in [2.24, 2.45) is 0 Å². The zero-order valence-corrected chi connectivity index (χ0v) is 18.2. The molecule has 1 heterocycles. The van der Waals surface area contributed by atoms with Crippen LogP contribution in [0.1, 0.15) is 22.3 Å². The van der Waals surface area contributed by atoms with Crippen molar-refractivity contribution >= 4 is 26.7 Å². The van der Waals surface area contributed by atoms with Crippen LogP contribution in [0.4, 0.5) is 0 Å². The number of hydrogen-bond acceptors (Lipinski definition) is 1. The Morgan fingerprint density at radius 2 is 1.23 bits per heavy atom. The van der Waals surface area contributed by atoms with E-state index in [0.29, 0.717) is 0 Å². The van der Waals surface area contributed by atoms with Gasteiger partial charge in [-0.1, -0.05) is 94.8 Å². The molecule has 146 valence electrons. The van der Waals surface area contributed by atoms with Crippen LogP contribution in [-0.4, -0.2) is 0 Å². The van der Waals surface area contributed by atoms with Crippen molar-refractivity contribution in [2.75, 3.05) is 0 Å². The van der Waals surface area contributed by atoms with Crippen LogP contribution < -0.4 is 4.74 Å². The van der Waals surface area contributed by atoms with Crippen LogP contribution in [-0.2, 0) is 5.41 Å². The zero-order valence-electron chi connectivity index (χ0n) is 16.6. The van der Waals surface area contributed by atoms with Gasteiger partial charge in [-0.2, -0.15) is 0 Å². The van der Waals surface area contributed by atoms with Crippen LogP contribution in [0.3, 0.4) is 0 Å². The van der Waals surface area contributed by atoms with Crippen LogP contribution in [0.25, 0.3) is 21.9 Å². The molecule has 0 unspecified atom stereocenters. The third-order valence-corrected chi connectivity index (χ3v) is 7.28. The van der Waals surface area contributed by atoms with Crippen LogP contribution in [0, 0.1) is 0 Å². The summed E-state index contributed by atoms with van der Waals surface area (Å²) in [7, 11) is 0. The second kappa shape index (κ2) is 6.09. The van der Waals surface area contributed by atoms with Crippen LogP contribution in [0.5, 0.6) is 11.5 Å². The lowest BCUT2D eigenvalue weighted by Gasteiger charge is -2.40. The normalized spacial score (nSPS) is 14.5. The Bertz CT molecular complexity index is 1490.